The SMILES string of the molecule is SCCC#Cc1cccc2[nH]ncc12. The van der Waals surface area contributed by atoms with Crippen molar-refractivity contribution in [1.29, 1.82) is 0 Å². The predicted molar refractivity (Wildman–Crippen MR) is 61.4 cm³/mol. The molecule has 0 aliphatic carbocycles. The highest BCUT2D eigenvalue weighted by atomic mass is 32.1. The Hall–Kier alpha value is -1.40. The van der Waals surface area contributed by atoms with Crippen molar-refractivity contribution in [2.45, 2.75) is 6.42 Å². The van der Waals surface area contributed by atoms with Crippen LogP contribution in [0.15, 0.2) is 24.4 Å². The Balaban J connectivity index is 2.43. The minimum atomic E-state index is 0.800. The lowest BCUT2D eigenvalue weighted by Gasteiger charge is -1.91. The minimum Gasteiger partial charge on any atom is -0.278 e. The molecule has 0 fully saturated rings. The fourth-order valence-electron chi connectivity index (χ4n) is 1.29. The number of thiol groups is 1. The van der Waals surface area contributed by atoms with Crippen molar-refractivity contribution in [3.05, 3.63) is 30.0 Å². The summed E-state index contributed by atoms with van der Waals surface area (Å²) in [6, 6.07) is 5.97. The first-order valence-electron chi connectivity index (χ1n) is 4.43. The van der Waals surface area contributed by atoms with Crippen LogP contribution in [0.2, 0.25) is 0 Å². The molecule has 0 aliphatic heterocycles. The third-order valence-corrected chi connectivity index (χ3v) is 2.17. The van der Waals surface area contributed by atoms with Gasteiger partial charge in [0.1, 0.15) is 0 Å². The molecule has 0 spiro atoms. The summed E-state index contributed by atoms with van der Waals surface area (Å²) < 4.78 is 0. The Morgan fingerprint density at radius 2 is 2.36 bits per heavy atom. The van der Waals surface area contributed by atoms with Crippen LogP contribution in [0.5, 0.6) is 0 Å². The summed E-state index contributed by atoms with van der Waals surface area (Å²) in [5.74, 6) is 6.98. The zero-order valence-corrected chi connectivity index (χ0v) is 8.51. The van der Waals surface area contributed by atoms with Crippen LogP contribution in [0.4, 0.5) is 0 Å². The molecule has 1 aromatic carbocycles. The van der Waals surface area contributed by atoms with Crippen LogP contribution in [0.3, 0.4) is 0 Å². The second kappa shape index (κ2) is 4.21. The molecule has 70 valence electrons. The van der Waals surface area contributed by atoms with Gasteiger partial charge in [-0.05, 0) is 12.1 Å². The molecule has 1 aromatic heterocycles. The molecule has 0 aliphatic rings. The number of rotatable bonds is 1. The fourth-order valence-corrected chi connectivity index (χ4v) is 1.40. The summed E-state index contributed by atoms with van der Waals surface area (Å²) in [5.41, 5.74) is 2.06. The number of H-pyrrole nitrogens is 1. The first-order valence-corrected chi connectivity index (χ1v) is 5.07. The lowest BCUT2D eigenvalue weighted by molar-refractivity contribution is 1.12. The number of hydrogen-bond donors (Lipinski definition) is 2. The van der Waals surface area contributed by atoms with Gasteiger partial charge in [-0.2, -0.15) is 17.7 Å². The summed E-state index contributed by atoms with van der Waals surface area (Å²) in [5, 5.41) is 7.98. The number of nitrogens with one attached hydrogen (secondary N) is 1. The summed E-state index contributed by atoms with van der Waals surface area (Å²) in [6.07, 6.45) is 2.62. The van der Waals surface area contributed by atoms with Crippen LogP contribution >= 0.6 is 12.6 Å². The van der Waals surface area contributed by atoms with Gasteiger partial charge < -0.3 is 0 Å². The van der Waals surface area contributed by atoms with Crippen molar-refractivity contribution in [3.8, 4) is 11.8 Å². The Kier molecular flexibility index (Phi) is 2.76. The van der Waals surface area contributed by atoms with Crippen LogP contribution in [0.1, 0.15) is 12.0 Å². The van der Waals surface area contributed by atoms with Gasteiger partial charge in [0.2, 0.25) is 0 Å². The number of hydrogen-bond acceptors (Lipinski definition) is 2. The molecule has 2 nitrogen and oxygen atoms in total. The van der Waals surface area contributed by atoms with Gasteiger partial charge in [0.15, 0.2) is 0 Å². The summed E-state index contributed by atoms with van der Waals surface area (Å²) in [6.45, 7) is 0. The van der Waals surface area contributed by atoms with E-state index in [4.69, 9.17) is 0 Å². The van der Waals surface area contributed by atoms with Crippen LogP contribution in [0.25, 0.3) is 10.9 Å². The van der Waals surface area contributed by atoms with E-state index < -0.39 is 0 Å². The van der Waals surface area contributed by atoms with Gasteiger partial charge in [-0.1, -0.05) is 17.9 Å². The highest BCUT2D eigenvalue weighted by molar-refractivity contribution is 7.80. The third-order valence-electron chi connectivity index (χ3n) is 1.94. The van der Waals surface area contributed by atoms with Gasteiger partial charge in [0.05, 0.1) is 11.7 Å². The molecule has 0 radical (unpaired) electrons. The van der Waals surface area contributed by atoms with Gasteiger partial charge >= 0.3 is 0 Å². The van der Waals surface area contributed by atoms with Crippen molar-refractivity contribution < 1.29 is 0 Å². The Morgan fingerprint density at radius 3 is 3.21 bits per heavy atom. The average Bonchev–Trinajstić information content (AvgIpc) is 2.67. The third kappa shape index (κ3) is 1.75. The fraction of sp³-hybridized carbons (Fsp3) is 0.182. The highest BCUT2D eigenvalue weighted by Gasteiger charge is 1.98. The zero-order valence-electron chi connectivity index (χ0n) is 7.62. The predicted octanol–water partition coefficient (Wildman–Crippen LogP) is 2.23. The number of aromatic amines is 1. The maximum atomic E-state index is 4.11. The van der Waals surface area contributed by atoms with Gasteiger partial charge in [0, 0.05) is 23.1 Å². The van der Waals surface area contributed by atoms with E-state index in [0.717, 1.165) is 28.6 Å². The molecule has 0 saturated heterocycles. The smallest absolute Gasteiger partial charge is 0.0662 e. The molecule has 1 N–H and O–H groups in total. The molecule has 0 amide bonds. The standard InChI is InChI=1S/C11H10N2S/c14-7-2-1-4-9-5-3-6-11-10(9)8-12-13-11/h3,5-6,8,14H,2,7H2,(H,12,13). The number of benzene rings is 1. The van der Waals surface area contributed by atoms with Crippen molar-refractivity contribution in [2.75, 3.05) is 5.75 Å². The van der Waals surface area contributed by atoms with Crippen LogP contribution in [-0.4, -0.2) is 16.0 Å². The lowest BCUT2D eigenvalue weighted by Crippen LogP contribution is -1.76. The molecule has 0 saturated carbocycles. The van der Waals surface area contributed by atoms with E-state index in [1.807, 2.05) is 18.2 Å². The van der Waals surface area contributed by atoms with Crippen molar-refractivity contribution in [1.82, 2.24) is 10.2 Å². The molecular weight excluding hydrogens is 192 g/mol. The molecule has 3 heteroatoms. The van der Waals surface area contributed by atoms with Gasteiger partial charge in [-0.15, -0.1) is 0 Å². The maximum Gasteiger partial charge on any atom is 0.0662 e. The largest absolute Gasteiger partial charge is 0.278 e. The quantitative estimate of drug-likeness (QED) is 0.539. The molecule has 2 rings (SSSR count). The number of aromatic nitrogens is 2. The molecule has 1 heterocycles. The van der Waals surface area contributed by atoms with Crippen LogP contribution < -0.4 is 0 Å². The highest BCUT2D eigenvalue weighted by Crippen LogP contribution is 2.14. The Morgan fingerprint density at radius 1 is 1.43 bits per heavy atom. The van der Waals surface area contributed by atoms with Crippen LogP contribution in [-0.2, 0) is 0 Å². The first kappa shape index (κ1) is 9.17. The van der Waals surface area contributed by atoms with E-state index in [9.17, 15) is 0 Å². The maximum absolute atomic E-state index is 4.11. The van der Waals surface area contributed by atoms with Crippen molar-refractivity contribution in [2.24, 2.45) is 0 Å². The Labute approximate surface area is 88.1 Å². The molecule has 0 bridgehead atoms. The molecular formula is C11H10N2S. The summed E-state index contributed by atoms with van der Waals surface area (Å²) >= 11 is 4.11. The molecule has 2 aromatic rings. The van der Waals surface area contributed by atoms with Crippen molar-refractivity contribution in [3.63, 3.8) is 0 Å². The first-order chi connectivity index (χ1) is 6.92. The summed E-state index contributed by atoms with van der Waals surface area (Å²) in [4.78, 5) is 0. The molecule has 0 unspecified atom stereocenters. The molecule has 0 atom stereocenters. The minimum absolute atomic E-state index is 0.800. The monoisotopic (exact) mass is 202 g/mol. The second-order valence-corrected chi connectivity index (χ2v) is 3.36. The van der Waals surface area contributed by atoms with Crippen molar-refractivity contribution >= 4 is 23.5 Å². The Bertz CT molecular complexity index is 490. The number of fused-ring (bicyclic) bond motifs is 1. The zero-order chi connectivity index (χ0) is 9.80. The molecule has 14 heavy (non-hydrogen) atoms. The van der Waals surface area contributed by atoms with Gasteiger partial charge in [-0.3, -0.25) is 5.10 Å². The lowest BCUT2D eigenvalue weighted by atomic mass is 10.1. The van der Waals surface area contributed by atoms with E-state index in [2.05, 4.69) is 34.7 Å². The van der Waals surface area contributed by atoms with Crippen LogP contribution in [0, 0.1) is 11.8 Å². The second-order valence-electron chi connectivity index (χ2n) is 2.91. The summed E-state index contributed by atoms with van der Waals surface area (Å²) in [7, 11) is 0. The van der Waals surface area contributed by atoms with E-state index in [1.165, 1.54) is 0 Å². The van der Waals surface area contributed by atoms with E-state index in [0.29, 0.717) is 0 Å². The normalized spacial score (nSPS) is 9.79. The van der Waals surface area contributed by atoms with Gasteiger partial charge in [0.25, 0.3) is 0 Å². The van der Waals surface area contributed by atoms with E-state index in [-0.39, 0.29) is 0 Å². The average molecular weight is 202 g/mol. The topological polar surface area (TPSA) is 28.7 Å². The van der Waals surface area contributed by atoms with E-state index in [1.54, 1.807) is 6.20 Å². The van der Waals surface area contributed by atoms with Gasteiger partial charge in [-0.25, -0.2) is 0 Å². The van der Waals surface area contributed by atoms with E-state index >= 15 is 0 Å². The number of nitrogens with zero attached hydrogens (tertiary/aromatic N) is 1.